The fraction of sp³-hybridized carbons (Fsp3) is 0.211. The lowest BCUT2D eigenvalue weighted by atomic mass is 10.1. The van der Waals surface area contributed by atoms with Crippen LogP contribution in [0.25, 0.3) is 10.9 Å². The number of hydrogen-bond donors (Lipinski definition) is 1. The van der Waals surface area contributed by atoms with Gasteiger partial charge >= 0.3 is 0 Å². The van der Waals surface area contributed by atoms with Crippen LogP contribution >= 0.6 is 12.2 Å². The Labute approximate surface area is 150 Å². The molecule has 0 fully saturated rings. The van der Waals surface area contributed by atoms with E-state index in [-0.39, 0.29) is 11.5 Å². The first kappa shape index (κ1) is 17.1. The number of aromatic amines is 1. The zero-order valence-corrected chi connectivity index (χ0v) is 15.0. The van der Waals surface area contributed by atoms with Crippen LogP contribution in [0.15, 0.2) is 53.3 Å². The highest BCUT2D eigenvalue weighted by Gasteiger charge is 2.11. The topological polar surface area (TPSA) is 58.1 Å². The van der Waals surface area contributed by atoms with Crippen molar-refractivity contribution in [1.29, 1.82) is 0 Å². The minimum Gasteiger partial charge on any atom is -0.345 e. The summed E-state index contributed by atoms with van der Waals surface area (Å²) in [4.78, 5) is 29.4. The first-order valence-corrected chi connectivity index (χ1v) is 8.40. The quantitative estimate of drug-likeness (QED) is 0.734. The number of hydrogen-bond acceptors (Lipinski definition) is 3. The number of H-pyrrole nitrogens is 1. The van der Waals surface area contributed by atoms with Crippen LogP contribution in [0.5, 0.6) is 0 Å². The maximum Gasteiger partial charge on any atom is 0.262 e. The Morgan fingerprint density at radius 2 is 1.88 bits per heavy atom. The van der Waals surface area contributed by atoms with Crippen LogP contribution in [0.4, 0.5) is 0 Å². The first-order valence-electron chi connectivity index (χ1n) is 8.00. The first-order chi connectivity index (χ1) is 12.0. The van der Waals surface area contributed by atoms with Crippen molar-refractivity contribution in [2.75, 3.05) is 14.1 Å². The molecular formula is C19H19N3O2S. The molecule has 0 aliphatic rings. The van der Waals surface area contributed by atoms with E-state index in [2.05, 4.69) is 4.98 Å². The number of carbonyl (C=O) groups excluding carboxylic acids is 1. The van der Waals surface area contributed by atoms with E-state index >= 15 is 0 Å². The van der Waals surface area contributed by atoms with Crippen LogP contribution in [-0.2, 0) is 13.0 Å². The van der Waals surface area contributed by atoms with Crippen LogP contribution in [-0.4, -0.2) is 34.5 Å². The summed E-state index contributed by atoms with van der Waals surface area (Å²) in [5.74, 6) is -0.116. The number of nitrogens with one attached hydrogen (secondary N) is 1. The molecule has 25 heavy (non-hydrogen) atoms. The molecule has 128 valence electrons. The standard InChI is InChI=1S/C19H19N3O2S/c1-21(2)17(23)14-8-9-15-16(12-14)20-19(25)22(18(15)24)11-10-13-6-4-3-5-7-13/h3-9,12H,10-11H2,1-2H3,(H,20,25). The van der Waals surface area contributed by atoms with Gasteiger partial charge in [0.15, 0.2) is 4.77 Å². The van der Waals surface area contributed by atoms with Gasteiger partial charge in [-0.2, -0.15) is 0 Å². The molecule has 3 aromatic rings. The summed E-state index contributed by atoms with van der Waals surface area (Å²) >= 11 is 5.35. The molecule has 3 rings (SSSR count). The molecule has 0 bridgehead atoms. The molecule has 0 unspecified atom stereocenters. The van der Waals surface area contributed by atoms with E-state index in [0.717, 1.165) is 12.0 Å². The Morgan fingerprint density at radius 1 is 1.16 bits per heavy atom. The van der Waals surface area contributed by atoms with Gasteiger partial charge in [0.2, 0.25) is 0 Å². The molecule has 2 aromatic carbocycles. The molecular weight excluding hydrogens is 334 g/mol. The number of benzene rings is 2. The normalized spacial score (nSPS) is 10.8. The Balaban J connectivity index is 1.99. The van der Waals surface area contributed by atoms with Crippen molar-refractivity contribution in [3.8, 4) is 0 Å². The smallest absolute Gasteiger partial charge is 0.262 e. The maximum atomic E-state index is 12.8. The van der Waals surface area contributed by atoms with Gasteiger partial charge in [-0.3, -0.25) is 14.2 Å². The van der Waals surface area contributed by atoms with Crippen molar-refractivity contribution < 1.29 is 4.79 Å². The van der Waals surface area contributed by atoms with Crippen molar-refractivity contribution in [2.24, 2.45) is 0 Å². The van der Waals surface area contributed by atoms with Gasteiger partial charge in [0.1, 0.15) is 0 Å². The van der Waals surface area contributed by atoms with Crippen molar-refractivity contribution in [2.45, 2.75) is 13.0 Å². The van der Waals surface area contributed by atoms with Crippen molar-refractivity contribution in [3.05, 3.63) is 74.8 Å². The van der Waals surface area contributed by atoms with Crippen LogP contribution in [0.3, 0.4) is 0 Å². The van der Waals surface area contributed by atoms with Gasteiger partial charge in [0.25, 0.3) is 11.5 Å². The summed E-state index contributed by atoms with van der Waals surface area (Å²) in [7, 11) is 3.38. The van der Waals surface area contributed by atoms with Gasteiger partial charge in [-0.25, -0.2) is 0 Å². The molecule has 1 amide bonds. The molecule has 0 saturated heterocycles. The van der Waals surface area contributed by atoms with E-state index in [1.807, 2.05) is 30.3 Å². The predicted molar refractivity (Wildman–Crippen MR) is 102 cm³/mol. The molecule has 0 spiro atoms. The highest BCUT2D eigenvalue weighted by Crippen LogP contribution is 2.12. The van der Waals surface area contributed by atoms with Gasteiger partial charge in [0.05, 0.1) is 10.9 Å². The Hall–Kier alpha value is -2.73. The minimum absolute atomic E-state index is 0.116. The highest BCUT2D eigenvalue weighted by atomic mass is 32.1. The molecule has 1 N–H and O–H groups in total. The highest BCUT2D eigenvalue weighted by molar-refractivity contribution is 7.71. The molecule has 6 heteroatoms. The Bertz CT molecular complexity index is 1040. The number of amides is 1. The van der Waals surface area contributed by atoms with Crippen molar-refractivity contribution >= 4 is 29.0 Å². The minimum atomic E-state index is -0.140. The number of carbonyl (C=O) groups is 1. The summed E-state index contributed by atoms with van der Waals surface area (Å²) in [5, 5.41) is 0.525. The predicted octanol–water partition coefficient (Wildman–Crippen LogP) is 3.00. The van der Waals surface area contributed by atoms with E-state index in [1.54, 1.807) is 36.9 Å². The van der Waals surface area contributed by atoms with Gasteiger partial charge in [-0.05, 0) is 42.4 Å². The summed E-state index contributed by atoms with van der Waals surface area (Å²) in [6.07, 6.45) is 0.723. The molecule has 0 aliphatic carbocycles. The second-order valence-electron chi connectivity index (χ2n) is 6.08. The summed E-state index contributed by atoms with van der Waals surface area (Å²) in [6, 6.07) is 15.0. The molecule has 0 atom stereocenters. The number of nitrogens with zero attached hydrogens (tertiary/aromatic N) is 2. The fourth-order valence-corrected chi connectivity index (χ4v) is 3.02. The van der Waals surface area contributed by atoms with Gasteiger partial charge in [0, 0.05) is 26.2 Å². The fourth-order valence-electron chi connectivity index (χ4n) is 2.73. The number of fused-ring (bicyclic) bond motifs is 1. The van der Waals surface area contributed by atoms with Crippen LogP contribution < -0.4 is 5.56 Å². The molecule has 5 nitrogen and oxygen atoms in total. The second kappa shape index (κ2) is 7.03. The van der Waals surface area contributed by atoms with Crippen molar-refractivity contribution in [3.63, 3.8) is 0 Å². The average molecular weight is 353 g/mol. The van der Waals surface area contributed by atoms with Gasteiger partial charge in [-0.15, -0.1) is 0 Å². The molecule has 0 radical (unpaired) electrons. The Kier molecular flexibility index (Phi) is 4.81. The molecule has 1 aromatic heterocycles. The summed E-state index contributed by atoms with van der Waals surface area (Å²) in [6.45, 7) is 0.506. The molecule has 0 saturated carbocycles. The third-order valence-electron chi connectivity index (χ3n) is 4.10. The van der Waals surface area contributed by atoms with Crippen LogP contribution in [0, 0.1) is 4.77 Å². The van der Waals surface area contributed by atoms with E-state index in [0.29, 0.717) is 27.8 Å². The van der Waals surface area contributed by atoms with Crippen LogP contribution in [0.2, 0.25) is 0 Å². The monoisotopic (exact) mass is 353 g/mol. The van der Waals surface area contributed by atoms with E-state index in [1.165, 1.54) is 4.90 Å². The second-order valence-corrected chi connectivity index (χ2v) is 6.47. The largest absolute Gasteiger partial charge is 0.345 e. The lowest BCUT2D eigenvalue weighted by Gasteiger charge is -2.12. The number of aromatic nitrogens is 2. The SMILES string of the molecule is CN(C)C(=O)c1ccc2c(=O)n(CCc3ccccc3)c(=S)[nH]c2c1. The molecule has 1 heterocycles. The van der Waals surface area contributed by atoms with E-state index in [4.69, 9.17) is 12.2 Å². The summed E-state index contributed by atoms with van der Waals surface area (Å²) < 4.78 is 1.93. The number of rotatable bonds is 4. The van der Waals surface area contributed by atoms with Crippen LogP contribution in [0.1, 0.15) is 15.9 Å². The maximum absolute atomic E-state index is 12.8. The lowest BCUT2D eigenvalue weighted by molar-refractivity contribution is 0.0827. The zero-order valence-electron chi connectivity index (χ0n) is 14.2. The van der Waals surface area contributed by atoms with Gasteiger partial charge < -0.3 is 9.88 Å². The van der Waals surface area contributed by atoms with Crippen molar-refractivity contribution in [1.82, 2.24) is 14.5 Å². The Morgan fingerprint density at radius 3 is 2.56 bits per heavy atom. The zero-order chi connectivity index (χ0) is 18.0. The third kappa shape index (κ3) is 3.53. The van der Waals surface area contributed by atoms with Gasteiger partial charge in [-0.1, -0.05) is 30.3 Å². The number of aryl methyl sites for hydroxylation is 1. The molecule has 0 aliphatic heterocycles. The average Bonchev–Trinajstić information content (AvgIpc) is 2.61. The van der Waals surface area contributed by atoms with E-state index in [9.17, 15) is 9.59 Å². The summed E-state index contributed by atoms with van der Waals surface area (Å²) in [5.41, 5.74) is 2.11. The van der Waals surface area contributed by atoms with E-state index < -0.39 is 0 Å². The third-order valence-corrected chi connectivity index (χ3v) is 4.42. The lowest BCUT2D eigenvalue weighted by Crippen LogP contribution is -2.24.